The number of aromatic hydroxyl groups is 1. The largest absolute Gasteiger partial charge is 0.506 e. The van der Waals surface area contributed by atoms with Crippen LogP contribution in [0.3, 0.4) is 0 Å². The molecule has 0 aromatic heterocycles. The van der Waals surface area contributed by atoms with Crippen LogP contribution in [0.2, 0.25) is 0 Å². The molecule has 0 radical (unpaired) electrons. The Morgan fingerprint density at radius 3 is 2.00 bits per heavy atom. The number of benzene rings is 1. The van der Waals surface area contributed by atoms with Gasteiger partial charge < -0.3 is 10.8 Å². The molecule has 3 N–H and O–H groups in total. The van der Waals surface area contributed by atoms with Gasteiger partial charge in [0.15, 0.2) is 5.57 Å². The number of hydrogen-bond acceptors (Lipinski definition) is 5. The summed E-state index contributed by atoms with van der Waals surface area (Å²) in [4.78, 5) is 0. The number of phenolic OH excluding ortho intramolecular Hbond substituents is 1. The molecule has 0 saturated heterocycles. The zero-order valence-corrected chi connectivity index (χ0v) is 13.0. The van der Waals surface area contributed by atoms with Gasteiger partial charge in [0.25, 0.3) is 0 Å². The van der Waals surface area contributed by atoms with Gasteiger partial charge in [-0.15, -0.1) is 0 Å². The van der Waals surface area contributed by atoms with E-state index in [-0.39, 0.29) is 22.6 Å². The SMILES string of the molecule is N#CC(C#N)=C(N)/C(C#N)=C/c1cc(Br)c(O)c(Br)c1. The molecule has 0 fully saturated rings. The van der Waals surface area contributed by atoms with Crippen LogP contribution in [0.5, 0.6) is 5.75 Å². The summed E-state index contributed by atoms with van der Waals surface area (Å²) in [6.45, 7) is 0. The molecule has 1 aromatic carbocycles. The number of rotatable bonds is 2. The fourth-order valence-electron chi connectivity index (χ4n) is 1.29. The van der Waals surface area contributed by atoms with E-state index in [0.29, 0.717) is 14.5 Å². The van der Waals surface area contributed by atoms with E-state index in [1.165, 1.54) is 6.08 Å². The monoisotopic (exact) mass is 392 g/mol. The van der Waals surface area contributed by atoms with Crippen LogP contribution >= 0.6 is 31.9 Å². The minimum Gasteiger partial charge on any atom is -0.506 e. The van der Waals surface area contributed by atoms with Crippen molar-refractivity contribution in [3.63, 3.8) is 0 Å². The maximum atomic E-state index is 9.60. The Hall–Kier alpha value is -2.27. The quantitative estimate of drug-likeness (QED) is 0.591. The maximum Gasteiger partial charge on any atom is 0.153 e. The molecule has 0 atom stereocenters. The Bertz CT molecular complexity index is 706. The van der Waals surface area contributed by atoms with E-state index >= 15 is 0 Å². The van der Waals surface area contributed by atoms with E-state index in [0.717, 1.165) is 0 Å². The normalized spacial score (nSPS) is 10.1. The Kier molecular flexibility index (Phi) is 5.34. The van der Waals surface area contributed by atoms with Gasteiger partial charge in [-0.3, -0.25) is 0 Å². The van der Waals surface area contributed by atoms with E-state index < -0.39 is 0 Å². The van der Waals surface area contributed by atoms with Gasteiger partial charge in [-0.1, -0.05) is 0 Å². The minimum atomic E-state index is -0.324. The highest BCUT2D eigenvalue weighted by Crippen LogP contribution is 2.34. The number of nitrogens with zero attached hydrogens (tertiary/aromatic N) is 3. The molecule has 20 heavy (non-hydrogen) atoms. The molecule has 7 heteroatoms. The lowest BCUT2D eigenvalue weighted by atomic mass is 10.1. The molecule has 0 aliphatic carbocycles. The molecule has 0 aliphatic rings. The van der Waals surface area contributed by atoms with Crippen LogP contribution in [0.1, 0.15) is 5.56 Å². The van der Waals surface area contributed by atoms with Crippen LogP contribution in [0, 0.1) is 34.0 Å². The number of halogens is 2. The molecular weight excluding hydrogens is 388 g/mol. The van der Waals surface area contributed by atoms with Crippen molar-refractivity contribution in [2.24, 2.45) is 5.73 Å². The third-order valence-electron chi connectivity index (χ3n) is 2.25. The predicted molar refractivity (Wildman–Crippen MR) is 79.5 cm³/mol. The average molecular weight is 394 g/mol. The van der Waals surface area contributed by atoms with Crippen molar-refractivity contribution in [1.82, 2.24) is 0 Å². The first-order valence-corrected chi connectivity index (χ1v) is 6.63. The van der Waals surface area contributed by atoms with Crippen molar-refractivity contribution in [3.05, 3.63) is 43.5 Å². The zero-order chi connectivity index (χ0) is 15.3. The Morgan fingerprint density at radius 1 is 1.10 bits per heavy atom. The van der Waals surface area contributed by atoms with Gasteiger partial charge in [-0.25, -0.2) is 0 Å². The fraction of sp³-hybridized carbons (Fsp3) is 0. The van der Waals surface area contributed by atoms with Crippen LogP contribution in [0.15, 0.2) is 37.9 Å². The summed E-state index contributed by atoms with van der Waals surface area (Å²) in [6, 6.07) is 8.23. The summed E-state index contributed by atoms with van der Waals surface area (Å²) in [5.74, 6) is 0.0268. The highest BCUT2D eigenvalue weighted by atomic mass is 79.9. The van der Waals surface area contributed by atoms with E-state index in [1.54, 1.807) is 24.3 Å². The summed E-state index contributed by atoms with van der Waals surface area (Å²) in [5.41, 5.74) is 5.67. The summed E-state index contributed by atoms with van der Waals surface area (Å²) >= 11 is 6.32. The van der Waals surface area contributed by atoms with Crippen LogP contribution in [0.25, 0.3) is 6.08 Å². The average Bonchev–Trinajstić information content (AvgIpc) is 2.43. The Morgan fingerprint density at radius 2 is 1.60 bits per heavy atom. The lowest BCUT2D eigenvalue weighted by molar-refractivity contribution is 0.468. The molecule has 1 rings (SSSR count). The molecule has 0 unspecified atom stereocenters. The highest BCUT2D eigenvalue weighted by molar-refractivity contribution is 9.11. The molecule has 0 spiro atoms. The van der Waals surface area contributed by atoms with E-state index in [2.05, 4.69) is 31.9 Å². The van der Waals surface area contributed by atoms with E-state index in [4.69, 9.17) is 21.5 Å². The summed E-state index contributed by atoms with van der Waals surface area (Å²) in [7, 11) is 0. The van der Waals surface area contributed by atoms with Gasteiger partial charge in [0.1, 0.15) is 24.0 Å². The smallest absolute Gasteiger partial charge is 0.153 e. The number of phenols is 1. The molecular formula is C13H6Br2N4O. The molecule has 1 aromatic rings. The van der Waals surface area contributed by atoms with Crippen molar-refractivity contribution >= 4 is 37.9 Å². The van der Waals surface area contributed by atoms with E-state index in [1.807, 2.05) is 6.07 Å². The van der Waals surface area contributed by atoms with Crippen LogP contribution in [-0.2, 0) is 0 Å². The third-order valence-corrected chi connectivity index (χ3v) is 3.46. The fourth-order valence-corrected chi connectivity index (χ4v) is 2.51. The number of nitriles is 3. The molecule has 98 valence electrons. The number of allylic oxidation sites excluding steroid dienone is 2. The van der Waals surface area contributed by atoms with Crippen molar-refractivity contribution in [3.8, 4) is 24.0 Å². The second kappa shape index (κ2) is 6.77. The van der Waals surface area contributed by atoms with Crippen LogP contribution in [-0.4, -0.2) is 5.11 Å². The second-order valence-electron chi connectivity index (χ2n) is 3.52. The van der Waals surface area contributed by atoms with Crippen LogP contribution < -0.4 is 5.73 Å². The third kappa shape index (κ3) is 3.39. The summed E-state index contributed by atoms with van der Waals surface area (Å²) < 4.78 is 0.859. The standard InChI is InChI=1S/C13H6Br2N4O/c14-10-2-7(3-11(15)13(10)20)1-8(4-16)12(19)9(5-17)6-18/h1-3,20H,19H2/b8-1+. The number of nitrogens with two attached hydrogens (primary N) is 1. The molecule has 0 aliphatic heterocycles. The van der Waals surface area contributed by atoms with Crippen LogP contribution in [0.4, 0.5) is 0 Å². The molecule has 0 saturated carbocycles. The first-order chi connectivity index (χ1) is 9.44. The minimum absolute atomic E-state index is 0.00686. The van der Waals surface area contributed by atoms with Gasteiger partial charge >= 0.3 is 0 Å². The van der Waals surface area contributed by atoms with Gasteiger partial charge in [0, 0.05) is 0 Å². The number of hydrogen-bond donors (Lipinski definition) is 2. The second-order valence-corrected chi connectivity index (χ2v) is 5.22. The van der Waals surface area contributed by atoms with Crippen molar-refractivity contribution in [1.29, 1.82) is 15.8 Å². The highest BCUT2D eigenvalue weighted by Gasteiger charge is 2.10. The predicted octanol–water partition coefficient (Wildman–Crippen LogP) is 3.08. The first kappa shape index (κ1) is 15.8. The molecule has 0 heterocycles. The zero-order valence-electron chi connectivity index (χ0n) is 9.85. The maximum absolute atomic E-state index is 9.60. The van der Waals surface area contributed by atoms with Gasteiger partial charge in [-0.05, 0) is 55.6 Å². The van der Waals surface area contributed by atoms with Crippen molar-refractivity contribution in [2.75, 3.05) is 0 Å². The van der Waals surface area contributed by atoms with E-state index in [9.17, 15) is 5.11 Å². The molecule has 0 amide bonds. The van der Waals surface area contributed by atoms with Gasteiger partial charge in [0.05, 0.1) is 20.2 Å². The Balaban J connectivity index is 3.43. The topological polar surface area (TPSA) is 118 Å². The van der Waals surface area contributed by atoms with Crippen molar-refractivity contribution in [2.45, 2.75) is 0 Å². The Labute approximate surface area is 132 Å². The first-order valence-electron chi connectivity index (χ1n) is 5.04. The van der Waals surface area contributed by atoms with Gasteiger partial charge in [0.2, 0.25) is 0 Å². The molecule has 0 bridgehead atoms. The summed E-state index contributed by atoms with van der Waals surface area (Å²) in [5, 5.41) is 36.1. The van der Waals surface area contributed by atoms with Gasteiger partial charge in [-0.2, -0.15) is 15.8 Å². The molecule has 5 nitrogen and oxygen atoms in total. The van der Waals surface area contributed by atoms with Crippen molar-refractivity contribution < 1.29 is 5.11 Å². The summed E-state index contributed by atoms with van der Waals surface area (Å²) in [6.07, 6.45) is 1.42. The lowest BCUT2D eigenvalue weighted by Gasteiger charge is -2.04. The lowest BCUT2D eigenvalue weighted by Crippen LogP contribution is -2.03.